The highest BCUT2D eigenvalue weighted by molar-refractivity contribution is 6.02. The summed E-state index contributed by atoms with van der Waals surface area (Å²) in [6.45, 7) is 4.87. The van der Waals surface area contributed by atoms with Crippen LogP contribution in [0.15, 0.2) is 18.2 Å². The molecule has 114 valence electrons. The number of para-hydroxylation sites is 1. The van der Waals surface area contributed by atoms with Gasteiger partial charge in [0.05, 0.1) is 16.9 Å². The number of carbonyl (C=O) groups excluding carboxylic acids is 1. The molecule has 1 aliphatic heterocycles. The van der Waals surface area contributed by atoms with Crippen molar-refractivity contribution in [1.29, 1.82) is 0 Å². The highest BCUT2D eigenvalue weighted by Gasteiger charge is 2.23. The first kappa shape index (κ1) is 14.2. The molecule has 1 aliphatic carbocycles. The normalized spacial score (nSPS) is 24.4. The van der Waals surface area contributed by atoms with Gasteiger partial charge in [0, 0.05) is 19.6 Å². The molecule has 1 heterocycles. The number of benzene rings is 1. The van der Waals surface area contributed by atoms with Gasteiger partial charge in [-0.3, -0.25) is 4.79 Å². The topological polar surface area (TPSA) is 53.2 Å². The number of nitrogens with one attached hydrogen (secondary N) is 3. The lowest BCUT2D eigenvalue weighted by atomic mass is 9.80. The maximum atomic E-state index is 12.5. The van der Waals surface area contributed by atoms with Crippen LogP contribution in [0, 0.1) is 11.8 Å². The molecule has 21 heavy (non-hydrogen) atoms. The van der Waals surface area contributed by atoms with Gasteiger partial charge in [0.2, 0.25) is 0 Å². The zero-order valence-electron chi connectivity index (χ0n) is 12.7. The largest absolute Gasteiger partial charge is 0.382 e. The van der Waals surface area contributed by atoms with Crippen LogP contribution in [0.3, 0.4) is 0 Å². The van der Waals surface area contributed by atoms with Crippen LogP contribution in [-0.4, -0.2) is 25.5 Å². The average molecular weight is 287 g/mol. The summed E-state index contributed by atoms with van der Waals surface area (Å²) in [4.78, 5) is 12.5. The van der Waals surface area contributed by atoms with Crippen LogP contribution in [-0.2, 0) is 0 Å². The second-order valence-electron chi connectivity index (χ2n) is 6.31. The van der Waals surface area contributed by atoms with Crippen molar-refractivity contribution < 1.29 is 4.79 Å². The molecular weight excluding hydrogens is 262 g/mol. The molecule has 3 rings (SSSR count). The minimum Gasteiger partial charge on any atom is -0.382 e. The predicted molar refractivity (Wildman–Crippen MR) is 86.9 cm³/mol. The Morgan fingerprint density at radius 1 is 1.24 bits per heavy atom. The number of hydrogen-bond donors (Lipinski definition) is 3. The zero-order valence-corrected chi connectivity index (χ0v) is 12.7. The summed E-state index contributed by atoms with van der Waals surface area (Å²) in [6.07, 6.45) is 5.19. The Kier molecular flexibility index (Phi) is 4.32. The Labute approximate surface area is 126 Å². The Morgan fingerprint density at radius 3 is 2.90 bits per heavy atom. The molecule has 1 saturated carbocycles. The molecule has 2 aliphatic rings. The van der Waals surface area contributed by atoms with Crippen LogP contribution >= 0.6 is 0 Å². The number of anilines is 2. The summed E-state index contributed by atoms with van der Waals surface area (Å²) >= 11 is 0. The van der Waals surface area contributed by atoms with E-state index in [-0.39, 0.29) is 5.91 Å². The predicted octanol–water partition coefficient (Wildman–Crippen LogP) is 3.08. The first-order chi connectivity index (χ1) is 10.3. The molecule has 0 aromatic heterocycles. The van der Waals surface area contributed by atoms with Gasteiger partial charge in [-0.1, -0.05) is 32.3 Å². The van der Waals surface area contributed by atoms with Gasteiger partial charge < -0.3 is 16.0 Å². The van der Waals surface area contributed by atoms with Crippen molar-refractivity contribution in [3.63, 3.8) is 0 Å². The lowest BCUT2D eigenvalue weighted by Crippen LogP contribution is -2.34. The van der Waals surface area contributed by atoms with E-state index in [0.717, 1.165) is 42.5 Å². The molecule has 0 spiro atoms. The lowest BCUT2D eigenvalue weighted by molar-refractivity contribution is 0.0937. The van der Waals surface area contributed by atoms with E-state index in [2.05, 4.69) is 22.9 Å². The van der Waals surface area contributed by atoms with Gasteiger partial charge in [-0.25, -0.2) is 0 Å². The maximum Gasteiger partial charge on any atom is 0.253 e. The standard InChI is InChI=1S/C17H25N3O/c1-12-5-2-3-6-13(12)11-20-17(21)14-7-4-8-15-16(14)19-10-9-18-15/h4,7-8,12-13,18-19H,2-3,5-6,9-11H2,1H3,(H,20,21). The molecule has 1 aromatic carbocycles. The van der Waals surface area contributed by atoms with Gasteiger partial charge >= 0.3 is 0 Å². The van der Waals surface area contributed by atoms with Gasteiger partial charge in [0.15, 0.2) is 0 Å². The second-order valence-corrected chi connectivity index (χ2v) is 6.31. The van der Waals surface area contributed by atoms with Crippen LogP contribution in [0.25, 0.3) is 0 Å². The van der Waals surface area contributed by atoms with Gasteiger partial charge in [-0.2, -0.15) is 0 Å². The van der Waals surface area contributed by atoms with Crippen LogP contribution in [0.2, 0.25) is 0 Å². The van der Waals surface area contributed by atoms with E-state index >= 15 is 0 Å². The van der Waals surface area contributed by atoms with E-state index in [1.165, 1.54) is 25.7 Å². The van der Waals surface area contributed by atoms with Crippen molar-refractivity contribution >= 4 is 17.3 Å². The Morgan fingerprint density at radius 2 is 2.05 bits per heavy atom. The van der Waals surface area contributed by atoms with Crippen LogP contribution < -0.4 is 16.0 Å². The number of fused-ring (bicyclic) bond motifs is 1. The number of amides is 1. The van der Waals surface area contributed by atoms with E-state index in [1.54, 1.807) is 0 Å². The van der Waals surface area contributed by atoms with E-state index in [0.29, 0.717) is 5.92 Å². The van der Waals surface area contributed by atoms with E-state index < -0.39 is 0 Å². The molecule has 0 radical (unpaired) electrons. The molecule has 3 N–H and O–H groups in total. The zero-order chi connectivity index (χ0) is 14.7. The number of carbonyl (C=O) groups is 1. The van der Waals surface area contributed by atoms with Crippen molar-refractivity contribution in [3.05, 3.63) is 23.8 Å². The Balaban J connectivity index is 1.65. The molecule has 0 saturated heterocycles. The van der Waals surface area contributed by atoms with Crippen molar-refractivity contribution in [2.75, 3.05) is 30.3 Å². The third-order valence-corrected chi connectivity index (χ3v) is 4.87. The molecule has 2 unspecified atom stereocenters. The van der Waals surface area contributed by atoms with Crippen LogP contribution in [0.5, 0.6) is 0 Å². The number of hydrogen-bond acceptors (Lipinski definition) is 3. The molecule has 1 amide bonds. The smallest absolute Gasteiger partial charge is 0.253 e. The lowest BCUT2D eigenvalue weighted by Gasteiger charge is -2.29. The van der Waals surface area contributed by atoms with E-state index in [4.69, 9.17) is 0 Å². The minimum absolute atomic E-state index is 0.0424. The minimum atomic E-state index is 0.0424. The molecular formula is C17H25N3O. The number of rotatable bonds is 3. The van der Waals surface area contributed by atoms with E-state index in [9.17, 15) is 4.79 Å². The Hall–Kier alpha value is -1.71. The SMILES string of the molecule is CC1CCCCC1CNC(=O)c1cccc2c1NCCN2. The quantitative estimate of drug-likeness (QED) is 0.801. The molecule has 2 atom stereocenters. The van der Waals surface area contributed by atoms with Crippen LogP contribution in [0.4, 0.5) is 11.4 Å². The molecule has 4 nitrogen and oxygen atoms in total. The fraction of sp³-hybridized carbons (Fsp3) is 0.588. The van der Waals surface area contributed by atoms with Crippen molar-refractivity contribution in [2.45, 2.75) is 32.6 Å². The van der Waals surface area contributed by atoms with Gasteiger partial charge in [0.1, 0.15) is 0 Å². The molecule has 4 heteroatoms. The maximum absolute atomic E-state index is 12.5. The summed E-state index contributed by atoms with van der Waals surface area (Å²) in [6, 6.07) is 5.86. The first-order valence-corrected chi connectivity index (χ1v) is 8.14. The van der Waals surface area contributed by atoms with E-state index in [1.807, 2.05) is 18.2 Å². The highest BCUT2D eigenvalue weighted by atomic mass is 16.1. The third-order valence-electron chi connectivity index (χ3n) is 4.87. The van der Waals surface area contributed by atoms with Crippen molar-refractivity contribution in [3.8, 4) is 0 Å². The van der Waals surface area contributed by atoms with Gasteiger partial charge in [-0.15, -0.1) is 0 Å². The fourth-order valence-corrected chi connectivity index (χ4v) is 3.48. The van der Waals surface area contributed by atoms with Gasteiger partial charge in [-0.05, 0) is 30.4 Å². The van der Waals surface area contributed by atoms with Crippen molar-refractivity contribution in [1.82, 2.24) is 5.32 Å². The Bertz CT molecular complexity index is 515. The average Bonchev–Trinajstić information content (AvgIpc) is 2.53. The fourth-order valence-electron chi connectivity index (χ4n) is 3.48. The molecule has 0 bridgehead atoms. The van der Waals surface area contributed by atoms with Gasteiger partial charge in [0.25, 0.3) is 5.91 Å². The third kappa shape index (κ3) is 3.14. The second kappa shape index (κ2) is 6.37. The summed E-state index contributed by atoms with van der Waals surface area (Å²) in [5, 5.41) is 9.81. The summed E-state index contributed by atoms with van der Waals surface area (Å²) in [7, 11) is 0. The monoisotopic (exact) mass is 287 g/mol. The molecule has 1 aromatic rings. The first-order valence-electron chi connectivity index (χ1n) is 8.14. The summed E-state index contributed by atoms with van der Waals surface area (Å²) < 4.78 is 0. The summed E-state index contributed by atoms with van der Waals surface area (Å²) in [5.41, 5.74) is 2.72. The van der Waals surface area contributed by atoms with Crippen LogP contribution in [0.1, 0.15) is 43.0 Å². The summed E-state index contributed by atoms with van der Waals surface area (Å²) in [5.74, 6) is 1.40. The molecule has 1 fully saturated rings. The highest BCUT2D eigenvalue weighted by Crippen LogP contribution is 2.30. The van der Waals surface area contributed by atoms with Crippen molar-refractivity contribution in [2.24, 2.45) is 11.8 Å².